The van der Waals surface area contributed by atoms with Gasteiger partial charge in [-0.25, -0.2) is 4.79 Å². The Morgan fingerprint density at radius 1 is 1.35 bits per heavy atom. The van der Waals surface area contributed by atoms with Gasteiger partial charge in [0.1, 0.15) is 5.69 Å². The first-order valence-electron chi connectivity index (χ1n) is 7.30. The number of benzene rings is 1. The second kappa shape index (κ2) is 6.83. The van der Waals surface area contributed by atoms with Crippen LogP contribution in [0.5, 0.6) is 0 Å². The normalized spacial score (nSPS) is 12.8. The lowest BCUT2D eigenvalue weighted by molar-refractivity contribution is -0.137. The highest BCUT2D eigenvalue weighted by Gasteiger charge is 2.31. The third kappa shape index (κ3) is 3.88. The topological polar surface area (TPSA) is 81.0 Å². The molecule has 1 N–H and O–H groups in total. The highest BCUT2D eigenvalue weighted by atomic mass is 35.5. The fraction of sp³-hybridized carbons (Fsp3) is 0.188. The third-order valence-electron chi connectivity index (χ3n) is 3.39. The van der Waals surface area contributed by atoms with E-state index < -0.39 is 23.8 Å². The zero-order valence-electron chi connectivity index (χ0n) is 13.2. The zero-order chi connectivity index (χ0) is 18.9. The Kier molecular flexibility index (Phi) is 4.73. The highest BCUT2D eigenvalue weighted by Crippen LogP contribution is 2.31. The number of carbonyl (C=O) groups excluding carboxylic acids is 1. The molecular weight excluding hydrogens is 375 g/mol. The van der Waals surface area contributed by atoms with Gasteiger partial charge < -0.3 is 14.2 Å². The van der Waals surface area contributed by atoms with Crippen LogP contribution in [0, 0.1) is 0 Å². The number of hydrogen-bond acceptors (Lipinski definition) is 5. The first kappa shape index (κ1) is 18.0. The molecule has 3 rings (SSSR count). The van der Waals surface area contributed by atoms with Crippen molar-refractivity contribution in [3.8, 4) is 11.4 Å². The molecule has 1 unspecified atom stereocenters. The molecule has 1 atom stereocenters. The van der Waals surface area contributed by atoms with Crippen molar-refractivity contribution < 1.29 is 27.2 Å². The summed E-state index contributed by atoms with van der Waals surface area (Å²) in [4.78, 5) is 18.6. The summed E-state index contributed by atoms with van der Waals surface area (Å²) in [6.07, 6.45) is -3.97. The van der Waals surface area contributed by atoms with E-state index in [0.717, 1.165) is 12.1 Å². The van der Waals surface area contributed by atoms with E-state index in [1.54, 1.807) is 0 Å². The Bertz CT molecular complexity index is 936. The molecule has 0 saturated carbocycles. The number of alkyl halides is 3. The maximum absolute atomic E-state index is 12.8. The first-order valence-corrected chi connectivity index (χ1v) is 7.68. The number of H-pyrrole nitrogens is 1. The Hall–Kier alpha value is -2.81. The van der Waals surface area contributed by atoms with Gasteiger partial charge in [0.25, 0.3) is 5.89 Å². The number of esters is 1. The monoisotopic (exact) mass is 385 g/mol. The van der Waals surface area contributed by atoms with Crippen molar-refractivity contribution in [3.63, 3.8) is 0 Å². The molecule has 10 heteroatoms. The smallest absolute Gasteiger partial charge is 0.416 e. The Balaban J connectivity index is 1.76. The molecule has 3 aromatic rings. The van der Waals surface area contributed by atoms with Crippen molar-refractivity contribution in [2.45, 2.75) is 19.2 Å². The van der Waals surface area contributed by atoms with Gasteiger partial charge in [0.15, 0.2) is 6.10 Å². The van der Waals surface area contributed by atoms with Gasteiger partial charge in [-0.1, -0.05) is 28.9 Å². The molecule has 0 aliphatic carbocycles. The van der Waals surface area contributed by atoms with Gasteiger partial charge in [-0.2, -0.15) is 18.2 Å². The van der Waals surface area contributed by atoms with Crippen molar-refractivity contribution in [3.05, 3.63) is 58.7 Å². The van der Waals surface area contributed by atoms with Crippen molar-refractivity contribution in [1.82, 2.24) is 15.1 Å². The molecule has 136 valence electrons. The van der Waals surface area contributed by atoms with E-state index in [1.807, 2.05) is 0 Å². The maximum Gasteiger partial charge on any atom is 0.416 e. The minimum absolute atomic E-state index is 0.0445. The van der Waals surface area contributed by atoms with Crippen LogP contribution in [-0.2, 0) is 10.9 Å². The number of nitrogens with one attached hydrogen (secondary N) is 1. The van der Waals surface area contributed by atoms with Crippen molar-refractivity contribution in [2.24, 2.45) is 0 Å². The van der Waals surface area contributed by atoms with Gasteiger partial charge in [-0.15, -0.1) is 0 Å². The lowest BCUT2D eigenvalue weighted by Gasteiger charge is -2.08. The lowest BCUT2D eigenvalue weighted by atomic mass is 10.1. The van der Waals surface area contributed by atoms with Crippen LogP contribution < -0.4 is 0 Å². The number of carbonyl (C=O) groups is 1. The zero-order valence-corrected chi connectivity index (χ0v) is 13.9. The van der Waals surface area contributed by atoms with E-state index in [2.05, 4.69) is 15.1 Å². The molecule has 0 saturated heterocycles. The van der Waals surface area contributed by atoms with Crippen molar-refractivity contribution in [2.75, 3.05) is 0 Å². The van der Waals surface area contributed by atoms with Crippen LogP contribution in [0.25, 0.3) is 11.4 Å². The molecule has 0 spiro atoms. The summed E-state index contributed by atoms with van der Waals surface area (Å²) in [6, 6.07) is 5.90. The van der Waals surface area contributed by atoms with Gasteiger partial charge in [0.2, 0.25) is 5.82 Å². The minimum atomic E-state index is -4.48. The summed E-state index contributed by atoms with van der Waals surface area (Å²) < 4.78 is 48.5. The second-order valence-electron chi connectivity index (χ2n) is 5.31. The van der Waals surface area contributed by atoms with Gasteiger partial charge in [0.05, 0.1) is 10.6 Å². The molecule has 0 fully saturated rings. The number of aromatic nitrogens is 3. The van der Waals surface area contributed by atoms with Crippen LogP contribution in [0.2, 0.25) is 5.02 Å². The van der Waals surface area contributed by atoms with Crippen LogP contribution in [0.4, 0.5) is 13.2 Å². The summed E-state index contributed by atoms with van der Waals surface area (Å²) >= 11 is 5.71. The Morgan fingerprint density at radius 3 is 2.77 bits per heavy atom. The summed E-state index contributed by atoms with van der Waals surface area (Å²) in [7, 11) is 0. The van der Waals surface area contributed by atoms with E-state index in [-0.39, 0.29) is 23.0 Å². The SMILES string of the molecule is CC(OC(=O)c1cc(Cl)c[nH]1)c1nc(-c2cccc(C(F)(F)F)c2)no1. The average molecular weight is 386 g/mol. The molecule has 6 nitrogen and oxygen atoms in total. The molecule has 0 bridgehead atoms. The van der Waals surface area contributed by atoms with Crippen molar-refractivity contribution >= 4 is 17.6 Å². The molecule has 0 radical (unpaired) electrons. The third-order valence-corrected chi connectivity index (χ3v) is 3.61. The van der Waals surface area contributed by atoms with Gasteiger partial charge in [-0.05, 0) is 25.1 Å². The van der Waals surface area contributed by atoms with E-state index in [0.29, 0.717) is 5.02 Å². The summed E-state index contributed by atoms with van der Waals surface area (Å²) in [5.41, 5.74) is -0.562. The quantitative estimate of drug-likeness (QED) is 0.661. The number of ether oxygens (including phenoxy) is 1. The maximum atomic E-state index is 12.8. The first-order chi connectivity index (χ1) is 12.2. The number of aromatic amines is 1. The highest BCUT2D eigenvalue weighted by molar-refractivity contribution is 6.30. The van der Waals surface area contributed by atoms with Crippen LogP contribution in [0.15, 0.2) is 41.1 Å². The standard InChI is InChI=1S/C16H11ClF3N3O3/c1-8(25-15(24)12-6-11(17)7-21-12)14-22-13(23-26-14)9-3-2-4-10(5-9)16(18,19)20/h2-8,21H,1H3. The van der Waals surface area contributed by atoms with Gasteiger partial charge >= 0.3 is 12.1 Å². The van der Waals surface area contributed by atoms with Crippen LogP contribution in [-0.4, -0.2) is 21.1 Å². The minimum Gasteiger partial charge on any atom is -0.448 e. The molecule has 1 aromatic carbocycles. The predicted octanol–water partition coefficient (Wildman–Crippen LogP) is 4.65. The van der Waals surface area contributed by atoms with E-state index in [1.165, 1.54) is 31.3 Å². The molecular formula is C16H11ClF3N3O3. The summed E-state index contributed by atoms with van der Waals surface area (Å²) in [5.74, 6) is -0.788. The van der Waals surface area contributed by atoms with Crippen LogP contribution >= 0.6 is 11.6 Å². The molecule has 2 heterocycles. The molecule has 0 aliphatic rings. The van der Waals surface area contributed by atoms with Crippen LogP contribution in [0.1, 0.15) is 35.0 Å². The second-order valence-corrected chi connectivity index (χ2v) is 5.75. The summed E-state index contributed by atoms with van der Waals surface area (Å²) in [5, 5.41) is 3.98. The molecule has 2 aromatic heterocycles. The summed E-state index contributed by atoms with van der Waals surface area (Å²) in [6.45, 7) is 1.49. The Morgan fingerprint density at radius 2 is 2.12 bits per heavy atom. The van der Waals surface area contributed by atoms with Gasteiger partial charge in [0, 0.05) is 11.8 Å². The van der Waals surface area contributed by atoms with Crippen molar-refractivity contribution in [1.29, 1.82) is 0 Å². The van der Waals surface area contributed by atoms with E-state index >= 15 is 0 Å². The van der Waals surface area contributed by atoms with Crippen LogP contribution in [0.3, 0.4) is 0 Å². The average Bonchev–Trinajstić information content (AvgIpc) is 3.23. The number of nitrogens with zero attached hydrogens (tertiary/aromatic N) is 2. The predicted molar refractivity (Wildman–Crippen MR) is 84.4 cm³/mol. The number of halogens is 4. The molecule has 0 aliphatic heterocycles. The fourth-order valence-electron chi connectivity index (χ4n) is 2.11. The van der Waals surface area contributed by atoms with E-state index in [9.17, 15) is 18.0 Å². The molecule has 0 amide bonds. The Labute approximate surface area is 149 Å². The van der Waals surface area contributed by atoms with E-state index in [4.69, 9.17) is 20.9 Å². The lowest BCUT2D eigenvalue weighted by Crippen LogP contribution is -2.09. The number of rotatable bonds is 4. The molecule has 26 heavy (non-hydrogen) atoms. The number of hydrogen-bond donors (Lipinski definition) is 1. The van der Waals surface area contributed by atoms with Gasteiger partial charge in [-0.3, -0.25) is 0 Å². The largest absolute Gasteiger partial charge is 0.448 e. The fourth-order valence-corrected chi connectivity index (χ4v) is 2.28.